The van der Waals surface area contributed by atoms with E-state index in [2.05, 4.69) is 3.07 Å². The molecule has 7 N–H and O–H groups in total. The topological polar surface area (TPSA) is 142 Å². The molecule has 0 amide bonds. The molecular weight excluding hydrogens is 329 g/mol. The second kappa shape index (κ2) is 12.6. The highest BCUT2D eigenvalue weighted by Gasteiger charge is 2.09. The second-order valence-electron chi connectivity index (χ2n) is 2.88. The Morgan fingerprint density at radius 2 is 1.88 bits per heavy atom. The second-order valence-corrected chi connectivity index (χ2v) is 3.32. The molecule has 0 aliphatic carbocycles. The van der Waals surface area contributed by atoms with Gasteiger partial charge in [0.05, 0.1) is 6.54 Å². The van der Waals surface area contributed by atoms with Gasteiger partial charge in [0, 0.05) is 0 Å². The van der Waals surface area contributed by atoms with Crippen LogP contribution in [-0.2, 0) is 12.7 Å². The van der Waals surface area contributed by atoms with Crippen molar-refractivity contribution in [2.45, 2.75) is 25.3 Å². The van der Waals surface area contributed by atoms with Crippen LogP contribution >= 0.6 is 23.0 Å². The highest BCUT2D eigenvalue weighted by atomic mass is 127. The van der Waals surface area contributed by atoms with E-state index >= 15 is 0 Å². The molecular formula is C8H18IN3O4. The van der Waals surface area contributed by atoms with Crippen molar-refractivity contribution in [1.82, 2.24) is 0 Å². The quantitative estimate of drug-likeness (QED) is 0.370. The van der Waals surface area contributed by atoms with Crippen LogP contribution in [0.2, 0.25) is 0 Å². The number of carbonyl (C=O) groups excluding carboxylic acids is 1. The molecule has 0 aliphatic heterocycles. The van der Waals surface area contributed by atoms with Crippen molar-refractivity contribution < 1.29 is 17.8 Å². The Bertz CT molecular complexity index is 198. The molecule has 0 fully saturated rings. The Morgan fingerprint density at radius 3 is 2.12 bits per heavy atom. The van der Waals surface area contributed by atoms with E-state index in [0.29, 0.717) is 13.0 Å². The number of rotatable bonds is 6. The van der Waals surface area contributed by atoms with Crippen molar-refractivity contribution in [2.75, 3.05) is 13.1 Å². The Balaban J connectivity index is 0. The standard InChI is InChI=1S/C6H14N2O2.C2H4INO2/c7-4-2-1-3-5(8)6(9)10;3-6-2(5)1-4/h5H,1-4,7-8H2,(H,9,10);1,4H2/t5-;/m0./s1. The molecule has 1 atom stereocenters. The van der Waals surface area contributed by atoms with E-state index < -0.39 is 18.0 Å². The van der Waals surface area contributed by atoms with Gasteiger partial charge in [0.15, 0.2) is 23.0 Å². The van der Waals surface area contributed by atoms with Crippen LogP contribution in [0.1, 0.15) is 19.3 Å². The molecule has 0 unspecified atom stereocenters. The number of halogens is 1. The summed E-state index contributed by atoms with van der Waals surface area (Å²) in [6, 6.07) is -0.716. The molecule has 0 saturated carbocycles. The van der Waals surface area contributed by atoms with Gasteiger partial charge in [0.1, 0.15) is 6.04 Å². The van der Waals surface area contributed by atoms with Crippen LogP contribution in [0.3, 0.4) is 0 Å². The molecule has 0 bridgehead atoms. The molecule has 0 heterocycles. The zero-order valence-corrected chi connectivity index (χ0v) is 11.1. The lowest BCUT2D eigenvalue weighted by molar-refractivity contribution is -0.138. The summed E-state index contributed by atoms with van der Waals surface area (Å²) in [7, 11) is 0. The zero-order chi connectivity index (χ0) is 13.0. The Kier molecular flexibility index (Phi) is 14.1. The number of unbranched alkanes of at least 4 members (excludes halogenated alkanes) is 1. The van der Waals surface area contributed by atoms with Crippen molar-refractivity contribution in [3.63, 3.8) is 0 Å². The molecule has 8 heteroatoms. The summed E-state index contributed by atoms with van der Waals surface area (Å²) in [5, 5.41) is 8.33. The summed E-state index contributed by atoms with van der Waals surface area (Å²) in [6.07, 6.45) is 2.16. The van der Waals surface area contributed by atoms with E-state index in [1.54, 1.807) is 0 Å². The minimum atomic E-state index is -0.933. The van der Waals surface area contributed by atoms with Crippen LogP contribution in [0.5, 0.6) is 0 Å². The smallest absolute Gasteiger partial charge is 0.329 e. The van der Waals surface area contributed by atoms with Crippen LogP contribution in [0, 0.1) is 0 Å². The Labute approximate surface area is 108 Å². The highest BCUT2D eigenvalue weighted by molar-refractivity contribution is 14.1. The van der Waals surface area contributed by atoms with Gasteiger partial charge in [-0.05, 0) is 19.4 Å². The van der Waals surface area contributed by atoms with Crippen molar-refractivity contribution >= 4 is 34.9 Å². The first-order valence-electron chi connectivity index (χ1n) is 4.69. The lowest BCUT2D eigenvalue weighted by Gasteiger charge is -2.03. The maximum atomic E-state index is 10.1. The first-order chi connectivity index (χ1) is 7.49. The third-order valence-electron chi connectivity index (χ3n) is 1.54. The van der Waals surface area contributed by atoms with Crippen molar-refractivity contribution in [1.29, 1.82) is 0 Å². The summed E-state index contributed by atoms with van der Waals surface area (Å²) < 4.78 is 4.11. The Hall–Kier alpha value is -0.450. The van der Waals surface area contributed by atoms with Crippen molar-refractivity contribution in [2.24, 2.45) is 17.2 Å². The largest absolute Gasteiger partial charge is 0.480 e. The number of carboxylic acid groups (broad SMARTS) is 1. The van der Waals surface area contributed by atoms with E-state index in [-0.39, 0.29) is 6.54 Å². The molecule has 0 aromatic carbocycles. The van der Waals surface area contributed by atoms with Gasteiger partial charge in [-0.25, -0.2) is 4.79 Å². The predicted octanol–water partition coefficient (Wildman–Crippen LogP) is -0.634. The SMILES string of the molecule is NCC(=O)OI.NCCCC[C@H](N)C(=O)O. The average molecular weight is 347 g/mol. The van der Waals surface area contributed by atoms with E-state index in [0.717, 1.165) is 12.8 Å². The predicted molar refractivity (Wildman–Crippen MR) is 67.7 cm³/mol. The first-order valence-corrected chi connectivity index (χ1v) is 5.57. The maximum Gasteiger partial charge on any atom is 0.329 e. The zero-order valence-electron chi connectivity index (χ0n) is 8.89. The molecule has 0 aromatic heterocycles. The van der Waals surface area contributed by atoms with Gasteiger partial charge in [-0.1, -0.05) is 6.42 Å². The number of nitrogens with two attached hydrogens (primary N) is 3. The minimum Gasteiger partial charge on any atom is -0.480 e. The van der Waals surface area contributed by atoms with Crippen LogP contribution < -0.4 is 17.2 Å². The van der Waals surface area contributed by atoms with Gasteiger partial charge in [-0.15, -0.1) is 0 Å². The van der Waals surface area contributed by atoms with Gasteiger partial charge in [0.2, 0.25) is 0 Å². The summed E-state index contributed by atoms with van der Waals surface area (Å²) in [6.45, 7) is 0.565. The van der Waals surface area contributed by atoms with Gasteiger partial charge in [-0.3, -0.25) is 4.79 Å². The molecule has 0 aromatic rings. The lowest BCUT2D eigenvalue weighted by atomic mass is 10.1. The highest BCUT2D eigenvalue weighted by Crippen LogP contribution is 1.96. The van der Waals surface area contributed by atoms with Crippen molar-refractivity contribution in [3.8, 4) is 0 Å². The molecule has 96 valence electrons. The van der Waals surface area contributed by atoms with Crippen LogP contribution in [0.25, 0.3) is 0 Å². The summed E-state index contributed by atoms with van der Waals surface area (Å²) in [4.78, 5) is 20.0. The number of hydrogen-bond acceptors (Lipinski definition) is 6. The van der Waals surface area contributed by atoms with Crippen molar-refractivity contribution in [3.05, 3.63) is 0 Å². The van der Waals surface area contributed by atoms with Gasteiger partial charge in [-0.2, -0.15) is 0 Å². The van der Waals surface area contributed by atoms with Crippen LogP contribution in [0.4, 0.5) is 0 Å². The number of carboxylic acids is 1. The summed E-state index contributed by atoms with van der Waals surface area (Å²) in [5.74, 6) is -1.33. The molecule has 0 saturated heterocycles. The summed E-state index contributed by atoms with van der Waals surface area (Å²) >= 11 is 1.48. The number of carbonyl (C=O) groups is 2. The number of aliphatic carboxylic acids is 1. The number of hydrogen-bond donors (Lipinski definition) is 4. The van der Waals surface area contributed by atoms with E-state index in [9.17, 15) is 9.59 Å². The third-order valence-corrected chi connectivity index (χ3v) is 2.03. The fourth-order valence-corrected chi connectivity index (χ4v) is 0.843. The van der Waals surface area contributed by atoms with E-state index in [4.69, 9.17) is 22.3 Å². The minimum absolute atomic E-state index is 0.0388. The fraction of sp³-hybridized carbons (Fsp3) is 0.750. The monoisotopic (exact) mass is 347 g/mol. The summed E-state index contributed by atoms with van der Waals surface area (Å²) in [5.41, 5.74) is 15.2. The van der Waals surface area contributed by atoms with E-state index in [1.807, 2.05) is 0 Å². The van der Waals surface area contributed by atoms with Gasteiger partial charge in [0.25, 0.3) is 0 Å². The first kappa shape index (κ1) is 17.9. The fourth-order valence-electron chi connectivity index (χ4n) is 0.664. The third kappa shape index (κ3) is 13.5. The normalized spacial score (nSPS) is 11.0. The lowest BCUT2D eigenvalue weighted by Crippen LogP contribution is -2.29. The van der Waals surface area contributed by atoms with E-state index in [1.165, 1.54) is 23.0 Å². The Morgan fingerprint density at radius 1 is 1.31 bits per heavy atom. The van der Waals surface area contributed by atoms with Crippen LogP contribution in [-0.4, -0.2) is 36.2 Å². The molecule has 0 radical (unpaired) electrons. The van der Waals surface area contributed by atoms with Gasteiger partial charge >= 0.3 is 11.9 Å². The molecule has 0 rings (SSSR count). The van der Waals surface area contributed by atoms with Crippen LogP contribution in [0.15, 0.2) is 0 Å². The molecule has 0 aliphatic rings. The van der Waals surface area contributed by atoms with Gasteiger partial charge < -0.3 is 25.4 Å². The molecule has 7 nitrogen and oxygen atoms in total. The molecule has 16 heavy (non-hydrogen) atoms. The molecule has 0 spiro atoms. The average Bonchev–Trinajstić information content (AvgIpc) is 2.28. The maximum absolute atomic E-state index is 10.1.